The molecule has 1 amide bonds. The van der Waals surface area contributed by atoms with Crippen molar-refractivity contribution in [2.45, 2.75) is 56.3 Å². The van der Waals surface area contributed by atoms with Gasteiger partial charge in [0.05, 0.1) is 17.7 Å². The summed E-state index contributed by atoms with van der Waals surface area (Å²) < 4.78 is 0. The third-order valence-electron chi connectivity index (χ3n) is 5.15. The van der Waals surface area contributed by atoms with Gasteiger partial charge in [0.15, 0.2) is 0 Å². The molecule has 0 bridgehead atoms. The highest BCUT2D eigenvalue weighted by Crippen LogP contribution is 2.39. The van der Waals surface area contributed by atoms with Gasteiger partial charge in [-0.1, -0.05) is 12.8 Å². The van der Waals surface area contributed by atoms with Gasteiger partial charge in [0, 0.05) is 25.6 Å². The zero-order valence-corrected chi connectivity index (χ0v) is 11.3. The molecule has 2 saturated heterocycles. The Hall–Kier alpha value is -0.650. The van der Waals surface area contributed by atoms with Crippen molar-refractivity contribution >= 4 is 5.91 Å². The van der Waals surface area contributed by atoms with Crippen molar-refractivity contribution < 1.29 is 15.0 Å². The lowest BCUT2D eigenvalue weighted by Gasteiger charge is -2.47. The molecule has 0 aromatic rings. The van der Waals surface area contributed by atoms with Crippen LogP contribution in [0.25, 0.3) is 0 Å². The van der Waals surface area contributed by atoms with Crippen LogP contribution in [0.4, 0.5) is 0 Å². The predicted molar refractivity (Wildman–Crippen MR) is 70.5 cm³/mol. The third-order valence-corrected chi connectivity index (χ3v) is 5.15. The van der Waals surface area contributed by atoms with E-state index in [2.05, 4.69) is 5.32 Å². The molecule has 19 heavy (non-hydrogen) atoms. The Kier molecular flexibility index (Phi) is 3.53. The van der Waals surface area contributed by atoms with Gasteiger partial charge in [-0.05, 0) is 25.7 Å². The fourth-order valence-electron chi connectivity index (χ4n) is 3.90. The number of carbonyl (C=O) groups excluding carboxylic acids is 1. The first-order chi connectivity index (χ1) is 9.08. The summed E-state index contributed by atoms with van der Waals surface area (Å²) in [4.78, 5) is 14.3. The lowest BCUT2D eigenvalue weighted by Crippen LogP contribution is -2.57. The van der Waals surface area contributed by atoms with Crippen molar-refractivity contribution in [3.63, 3.8) is 0 Å². The van der Waals surface area contributed by atoms with Gasteiger partial charge >= 0.3 is 0 Å². The molecule has 3 aliphatic rings. The second kappa shape index (κ2) is 5.04. The third kappa shape index (κ3) is 2.51. The van der Waals surface area contributed by atoms with Gasteiger partial charge in [0.2, 0.25) is 5.91 Å². The molecular formula is C14H24N2O3. The zero-order valence-electron chi connectivity index (χ0n) is 11.3. The number of hydrogen-bond donors (Lipinski definition) is 3. The number of amides is 1. The van der Waals surface area contributed by atoms with Gasteiger partial charge in [0.25, 0.3) is 0 Å². The Morgan fingerprint density at radius 3 is 2.89 bits per heavy atom. The van der Waals surface area contributed by atoms with E-state index < -0.39 is 11.7 Å². The van der Waals surface area contributed by atoms with Crippen molar-refractivity contribution in [1.82, 2.24) is 10.2 Å². The van der Waals surface area contributed by atoms with Crippen LogP contribution in [0.3, 0.4) is 0 Å². The monoisotopic (exact) mass is 268 g/mol. The molecule has 5 heteroatoms. The molecule has 3 N–H and O–H groups in total. The molecule has 108 valence electrons. The molecule has 2 heterocycles. The minimum Gasteiger partial charge on any atom is -0.392 e. The van der Waals surface area contributed by atoms with Crippen LogP contribution < -0.4 is 5.32 Å². The van der Waals surface area contributed by atoms with Crippen LogP contribution in [0.2, 0.25) is 0 Å². The van der Waals surface area contributed by atoms with Crippen molar-refractivity contribution in [1.29, 1.82) is 0 Å². The normalized spacial score (nSPS) is 43.1. The first-order valence-corrected chi connectivity index (χ1v) is 7.51. The number of fused-ring (bicyclic) bond motifs is 1. The van der Waals surface area contributed by atoms with Crippen molar-refractivity contribution in [3.05, 3.63) is 0 Å². The van der Waals surface area contributed by atoms with Gasteiger partial charge in [-0.3, -0.25) is 4.79 Å². The van der Waals surface area contributed by atoms with Gasteiger partial charge < -0.3 is 20.4 Å². The summed E-state index contributed by atoms with van der Waals surface area (Å²) in [5.41, 5.74) is -0.530. The largest absolute Gasteiger partial charge is 0.392 e. The Morgan fingerprint density at radius 2 is 2.16 bits per heavy atom. The summed E-state index contributed by atoms with van der Waals surface area (Å²) in [7, 11) is 0. The maximum absolute atomic E-state index is 12.4. The number of nitrogens with zero attached hydrogens (tertiary/aromatic N) is 1. The average molecular weight is 268 g/mol. The van der Waals surface area contributed by atoms with Crippen LogP contribution in [0.15, 0.2) is 0 Å². The summed E-state index contributed by atoms with van der Waals surface area (Å²) >= 11 is 0. The van der Waals surface area contributed by atoms with Crippen LogP contribution in [-0.2, 0) is 4.79 Å². The van der Waals surface area contributed by atoms with E-state index in [1.54, 1.807) is 0 Å². The summed E-state index contributed by atoms with van der Waals surface area (Å²) in [6.07, 6.45) is 5.02. The zero-order chi connectivity index (χ0) is 13.5. The Morgan fingerprint density at radius 1 is 1.32 bits per heavy atom. The Labute approximate surface area is 114 Å². The number of β-amino-alcohol motifs (C(OH)–C–C–N with tert-alkyl or cyclic N) is 1. The molecule has 0 aromatic carbocycles. The van der Waals surface area contributed by atoms with E-state index >= 15 is 0 Å². The maximum atomic E-state index is 12.4. The number of rotatable bonds is 1. The molecule has 1 saturated carbocycles. The van der Waals surface area contributed by atoms with Crippen LogP contribution in [0, 0.1) is 5.92 Å². The molecule has 0 aromatic heterocycles. The minimum absolute atomic E-state index is 0.101. The number of piperidine rings is 1. The van der Waals surface area contributed by atoms with E-state index in [1.165, 1.54) is 0 Å². The Bertz CT molecular complexity index is 363. The van der Waals surface area contributed by atoms with Gasteiger partial charge in [-0.25, -0.2) is 0 Å². The summed E-state index contributed by atoms with van der Waals surface area (Å²) in [6.45, 7) is 1.85. The predicted octanol–water partition coefficient (Wildman–Crippen LogP) is -0.137. The molecule has 0 radical (unpaired) electrons. The first-order valence-electron chi connectivity index (χ1n) is 7.51. The molecule has 4 unspecified atom stereocenters. The number of aliphatic hydroxyl groups is 2. The molecule has 2 aliphatic heterocycles. The summed E-state index contributed by atoms with van der Waals surface area (Å²) in [5, 5.41) is 23.2. The van der Waals surface area contributed by atoms with E-state index in [1.807, 2.05) is 4.90 Å². The van der Waals surface area contributed by atoms with Crippen LogP contribution in [0.5, 0.6) is 0 Å². The van der Waals surface area contributed by atoms with Crippen LogP contribution in [-0.4, -0.2) is 58.4 Å². The number of nitrogens with one attached hydrogen (secondary N) is 1. The van der Waals surface area contributed by atoms with Crippen LogP contribution >= 0.6 is 0 Å². The lowest BCUT2D eigenvalue weighted by atomic mass is 9.71. The van der Waals surface area contributed by atoms with E-state index in [0.717, 1.165) is 25.7 Å². The molecule has 3 rings (SSSR count). The number of carbonyl (C=O) groups is 1. The highest BCUT2D eigenvalue weighted by atomic mass is 16.3. The Balaban J connectivity index is 1.62. The van der Waals surface area contributed by atoms with E-state index in [4.69, 9.17) is 0 Å². The fourth-order valence-corrected chi connectivity index (χ4v) is 3.90. The fraction of sp³-hybridized carbons (Fsp3) is 0.929. The molecular weight excluding hydrogens is 244 g/mol. The topological polar surface area (TPSA) is 72.8 Å². The second-order valence-electron chi connectivity index (χ2n) is 6.43. The highest BCUT2D eigenvalue weighted by Gasteiger charge is 2.45. The molecule has 4 atom stereocenters. The molecule has 0 spiro atoms. The summed E-state index contributed by atoms with van der Waals surface area (Å²) in [6, 6.07) is -0.232. The standard InChI is InChI=1S/C14H24N2O3/c17-11-7-12(15-8-11)13(18)16-6-5-14(19)4-2-1-3-10(14)9-16/h10-12,15,17,19H,1-9H2. The number of aliphatic hydroxyl groups excluding tert-OH is 1. The van der Waals surface area contributed by atoms with Gasteiger partial charge in [0.1, 0.15) is 0 Å². The lowest BCUT2D eigenvalue weighted by molar-refractivity contribution is -0.145. The highest BCUT2D eigenvalue weighted by molar-refractivity contribution is 5.82. The number of hydrogen-bond acceptors (Lipinski definition) is 4. The second-order valence-corrected chi connectivity index (χ2v) is 6.43. The number of likely N-dealkylation sites (tertiary alicyclic amines) is 1. The van der Waals surface area contributed by atoms with Crippen LogP contribution in [0.1, 0.15) is 38.5 Å². The van der Waals surface area contributed by atoms with Gasteiger partial charge in [-0.15, -0.1) is 0 Å². The van der Waals surface area contributed by atoms with E-state index in [0.29, 0.717) is 32.5 Å². The minimum atomic E-state index is -0.530. The average Bonchev–Trinajstić information content (AvgIpc) is 2.83. The van der Waals surface area contributed by atoms with Crippen molar-refractivity contribution in [2.24, 2.45) is 5.92 Å². The smallest absolute Gasteiger partial charge is 0.239 e. The SMILES string of the molecule is O=C(C1CC(O)CN1)N1CCC2(O)CCCCC2C1. The quantitative estimate of drug-likeness (QED) is 0.619. The van der Waals surface area contributed by atoms with Crippen molar-refractivity contribution in [3.8, 4) is 0 Å². The summed E-state index contributed by atoms with van der Waals surface area (Å²) in [5.74, 6) is 0.342. The van der Waals surface area contributed by atoms with Crippen molar-refractivity contribution in [2.75, 3.05) is 19.6 Å². The molecule has 1 aliphatic carbocycles. The van der Waals surface area contributed by atoms with Gasteiger partial charge in [-0.2, -0.15) is 0 Å². The molecule has 3 fully saturated rings. The first kappa shape index (κ1) is 13.3. The molecule has 5 nitrogen and oxygen atoms in total. The van der Waals surface area contributed by atoms with E-state index in [9.17, 15) is 15.0 Å². The maximum Gasteiger partial charge on any atom is 0.239 e. The van der Waals surface area contributed by atoms with E-state index in [-0.39, 0.29) is 17.9 Å².